The zero-order valence-electron chi connectivity index (χ0n) is 10.3. The van der Waals surface area contributed by atoms with Crippen LogP contribution < -0.4 is 5.32 Å². The number of aromatic nitrogens is 2. The number of rotatable bonds is 4. The van der Waals surface area contributed by atoms with E-state index in [2.05, 4.69) is 22.2 Å². The van der Waals surface area contributed by atoms with E-state index >= 15 is 0 Å². The molecule has 3 rings (SSSR count). The molecule has 0 bridgehead atoms. The second kappa shape index (κ2) is 5.45. The number of anilines is 1. The van der Waals surface area contributed by atoms with Crippen molar-refractivity contribution >= 4 is 49.6 Å². The first-order valence-corrected chi connectivity index (χ1v) is 7.99. The van der Waals surface area contributed by atoms with Gasteiger partial charge in [0.25, 0.3) is 0 Å². The molecule has 1 aromatic carbocycles. The predicted molar refractivity (Wildman–Crippen MR) is 83.4 cm³/mol. The summed E-state index contributed by atoms with van der Waals surface area (Å²) >= 11 is 9.33. The van der Waals surface area contributed by atoms with Crippen molar-refractivity contribution in [1.29, 1.82) is 0 Å². The Morgan fingerprint density at radius 2 is 2.21 bits per heavy atom. The molecule has 6 heteroatoms. The second-order valence-corrected chi connectivity index (χ2v) is 6.73. The first-order chi connectivity index (χ1) is 9.24. The van der Waals surface area contributed by atoms with Crippen LogP contribution >= 0.6 is 34.3 Å². The van der Waals surface area contributed by atoms with Gasteiger partial charge in [0.15, 0.2) is 5.13 Å². The van der Waals surface area contributed by atoms with Crippen molar-refractivity contribution in [2.45, 2.75) is 19.9 Å². The minimum absolute atomic E-state index is 0.720. The van der Waals surface area contributed by atoms with Gasteiger partial charge in [0.1, 0.15) is 5.01 Å². The van der Waals surface area contributed by atoms with Crippen molar-refractivity contribution in [3.8, 4) is 0 Å². The quantitative estimate of drug-likeness (QED) is 0.766. The largest absolute Gasteiger partial charge is 0.355 e. The molecule has 0 saturated heterocycles. The Bertz CT molecular complexity index is 705. The molecule has 2 aromatic heterocycles. The van der Waals surface area contributed by atoms with Gasteiger partial charge < -0.3 is 5.32 Å². The van der Waals surface area contributed by atoms with E-state index in [-0.39, 0.29) is 0 Å². The smallest absolute Gasteiger partial charge is 0.184 e. The van der Waals surface area contributed by atoms with Crippen molar-refractivity contribution in [2.75, 3.05) is 5.32 Å². The van der Waals surface area contributed by atoms with Gasteiger partial charge in [-0.1, -0.05) is 29.9 Å². The molecular weight excluding hydrogens is 298 g/mol. The zero-order valence-corrected chi connectivity index (χ0v) is 12.7. The number of hydrogen-bond donors (Lipinski definition) is 1. The monoisotopic (exact) mass is 309 g/mol. The van der Waals surface area contributed by atoms with Crippen LogP contribution in [0.4, 0.5) is 5.13 Å². The number of nitrogens with zero attached hydrogens (tertiary/aromatic N) is 2. The standard InChI is InChI=1S/C13H12ClN3S2/c1-2-9-6-15-12(18-9)7-16-13-17-10-4-3-8(14)5-11(10)19-13/h3-6H,2,7H2,1H3,(H,16,17). The summed E-state index contributed by atoms with van der Waals surface area (Å²) in [6, 6.07) is 5.75. The maximum atomic E-state index is 5.97. The van der Waals surface area contributed by atoms with Crippen LogP contribution in [0.5, 0.6) is 0 Å². The van der Waals surface area contributed by atoms with Crippen LogP contribution in [0.1, 0.15) is 16.8 Å². The van der Waals surface area contributed by atoms with Gasteiger partial charge in [0, 0.05) is 16.1 Å². The van der Waals surface area contributed by atoms with Gasteiger partial charge >= 0.3 is 0 Å². The van der Waals surface area contributed by atoms with E-state index in [4.69, 9.17) is 11.6 Å². The molecule has 0 aliphatic rings. The summed E-state index contributed by atoms with van der Waals surface area (Å²) in [5.41, 5.74) is 0.977. The highest BCUT2D eigenvalue weighted by atomic mass is 35.5. The lowest BCUT2D eigenvalue weighted by molar-refractivity contribution is 1.09. The lowest BCUT2D eigenvalue weighted by Gasteiger charge is -1.97. The molecule has 3 nitrogen and oxygen atoms in total. The van der Waals surface area contributed by atoms with E-state index < -0.39 is 0 Å². The molecule has 0 aliphatic carbocycles. The molecule has 0 saturated carbocycles. The highest BCUT2D eigenvalue weighted by molar-refractivity contribution is 7.22. The Balaban J connectivity index is 1.74. The molecule has 0 unspecified atom stereocenters. The average molecular weight is 310 g/mol. The molecule has 0 spiro atoms. The first-order valence-electron chi connectivity index (χ1n) is 5.98. The normalized spacial score (nSPS) is 11.1. The Labute approximate surface area is 124 Å². The number of hydrogen-bond acceptors (Lipinski definition) is 5. The van der Waals surface area contributed by atoms with Crippen molar-refractivity contribution in [2.24, 2.45) is 0 Å². The van der Waals surface area contributed by atoms with Gasteiger partial charge in [0.2, 0.25) is 0 Å². The molecule has 1 N–H and O–H groups in total. The van der Waals surface area contributed by atoms with Crippen LogP contribution in [0.25, 0.3) is 10.2 Å². The van der Waals surface area contributed by atoms with E-state index in [0.29, 0.717) is 0 Å². The summed E-state index contributed by atoms with van der Waals surface area (Å²) in [6.45, 7) is 2.86. The van der Waals surface area contributed by atoms with Crippen molar-refractivity contribution in [1.82, 2.24) is 9.97 Å². The van der Waals surface area contributed by atoms with Crippen molar-refractivity contribution < 1.29 is 0 Å². The van der Waals surface area contributed by atoms with Gasteiger partial charge in [-0.05, 0) is 24.6 Å². The highest BCUT2D eigenvalue weighted by Gasteiger charge is 2.05. The minimum atomic E-state index is 0.720. The minimum Gasteiger partial charge on any atom is -0.355 e. The van der Waals surface area contributed by atoms with Gasteiger partial charge in [-0.25, -0.2) is 9.97 Å². The van der Waals surface area contributed by atoms with E-state index in [1.165, 1.54) is 4.88 Å². The number of nitrogens with one attached hydrogen (secondary N) is 1. The number of halogens is 1. The summed E-state index contributed by atoms with van der Waals surface area (Å²) in [5, 5.41) is 6.06. The van der Waals surface area contributed by atoms with Crippen LogP contribution in [0.3, 0.4) is 0 Å². The van der Waals surface area contributed by atoms with Gasteiger partial charge in [-0.3, -0.25) is 0 Å². The van der Waals surface area contributed by atoms with Crippen LogP contribution in [0.2, 0.25) is 5.02 Å². The Morgan fingerprint density at radius 1 is 1.32 bits per heavy atom. The number of fused-ring (bicyclic) bond motifs is 1. The highest BCUT2D eigenvalue weighted by Crippen LogP contribution is 2.28. The third kappa shape index (κ3) is 2.88. The zero-order chi connectivity index (χ0) is 13.2. The number of benzene rings is 1. The third-order valence-electron chi connectivity index (χ3n) is 2.69. The second-order valence-electron chi connectivity index (χ2n) is 4.06. The van der Waals surface area contributed by atoms with Crippen molar-refractivity contribution in [3.05, 3.63) is 39.3 Å². The fourth-order valence-electron chi connectivity index (χ4n) is 1.72. The summed E-state index contributed by atoms with van der Waals surface area (Å²) < 4.78 is 1.10. The molecule has 0 fully saturated rings. The molecule has 3 aromatic rings. The molecular formula is C13H12ClN3S2. The predicted octanol–water partition coefficient (Wildman–Crippen LogP) is 4.58. The average Bonchev–Trinajstić information content (AvgIpc) is 3.01. The Hall–Kier alpha value is -1.17. The first kappa shape index (κ1) is 12.8. The van der Waals surface area contributed by atoms with Crippen LogP contribution in [0.15, 0.2) is 24.4 Å². The summed E-state index contributed by atoms with van der Waals surface area (Å²) in [4.78, 5) is 10.2. The van der Waals surface area contributed by atoms with Gasteiger partial charge in [0.05, 0.1) is 16.8 Å². The summed E-state index contributed by atoms with van der Waals surface area (Å²) in [7, 11) is 0. The SMILES string of the molecule is CCc1cnc(CNc2nc3ccc(Cl)cc3s2)s1. The Kier molecular flexibility index (Phi) is 3.68. The fraction of sp³-hybridized carbons (Fsp3) is 0.231. The van der Waals surface area contributed by atoms with E-state index in [1.54, 1.807) is 22.7 Å². The lowest BCUT2D eigenvalue weighted by Crippen LogP contribution is -1.97. The maximum Gasteiger partial charge on any atom is 0.184 e. The number of aryl methyl sites for hydroxylation is 1. The van der Waals surface area contributed by atoms with E-state index in [0.717, 1.165) is 38.3 Å². The maximum absolute atomic E-state index is 5.97. The fourth-order valence-corrected chi connectivity index (χ4v) is 3.66. The summed E-state index contributed by atoms with van der Waals surface area (Å²) in [5.74, 6) is 0. The van der Waals surface area contributed by atoms with Gasteiger partial charge in [-0.15, -0.1) is 11.3 Å². The van der Waals surface area contributed by atoms with Crippen LogP contribution in [-0.2, 0) is 13.0 Å². The molecule has 19 heavy (non-hydrogen) atoms. The van der Waals surface area contributed by atoms with Gasteiger partial charge in [-0.2, -0.15) is 0 Å². The molecule has 0 aliphatic heterocycles. The molecule has 2 heterocycles. The van der Waals surface area contributed by atoms with E-state index in [9.17, 15) is 0 Å². The molecule has 0 atom stereocenters. The Morgan fingerprint density at radius 3 is 3.00 bits per heavy atom. The molecule has 0 amide bonds. The third-order valence-corrected chi connectivity index (χ3v) is 5.04. The summed E-state index contributed by atoms with van der Waals surface area (Å²) in [6.07, 6.45) is 2.98. The lowest BCUT2D eigenvalue weighted by atomic mass is 10.3. The van der Waals surface area contributed by atoms with Crippen molar-refractivity contribution in [3.63, 3.8) is 0 Å². The van der Waals surface area contributed by atoms with Crippen LogP contribution in [0, 0.1) is 0 Å². The topological polar surface area (TPSA) is 37.8 Å². The molecule has 0 radical (unpaired) electrons. The van der Waals surface area contributed by atoms with E-state index in [1.807, 2.05) is 24.4 Å². The number of thiazole rings is 2. The molecule has 98 valence electrons. The van der Waals surface area contributed by atoms with Crippen LogP contribution in [-0.4, -0.2) is 9.97 Å².